The summed E-state index contributed by atoms with van der Waals surface area (Å²) in [5.74, 6) is 0. The molecule has 29 heavy (non-hydrogen) atoms. The molecular formula is C21H32N2O5W. The van der Waals surface area contributed by atoms with Gasteiger partial charge in [-0.3, -0.25) is 5.32 Å². The molecule has 0 aromatic heterocycles. The van der Waals surface area contributed by atoms with Gasteiger partial charge in [-0.2, -0.15) is 6.42 Å². The van der Waals surface area contributed by atoms with Crippen LogP contribution in [0.15, 0.2) is 24.3 Å². The molecule has 0 saturated carbocycles. The van der Waals surface area contributed by atoms with E-state index in [1.165, 1.54) is 4.90 Å². The van der Waals surface area contributed by atoms with Crippen LogP contribution in [0.5, 0.6) is 0 Å². The maximum Gasteiger partial charge on any atom is 2.00 e. The molecule has 0 bridgehead atoms. The predicted octanol–water partition coefficient (Wildman–Crippen LogP) is 4.78. The van der Waals surface area contributed by atoms with Crippen LogP contribution < -0.4 is 5.32 Å². The number of benzene rings is 1. The molecule has 1 aromatic carbocycles. The number of nitrogens with zero attached hydrogens (tertiary/aromatic N) is 1. The monoisotopic (exact) mass is 576 g/mol. The Morgan fingerprint density at radius 1 is 1.28 bits per heavy atom. The van der Waals surface area contributed by atoms with Gasteiger partial charge in [-0.25, -0.2) is 16.1 Å². The summed E-state index contributed by atoms with van der Waals surface area (Å²) in [4.78, 5) is 24.2. The van der Waals surface area contributed by atoms with Crippen molar-refractivity contribution in [1.29, 1.82) is 0 Å². The van der Waals surface area contributed by atoms with Gasteiger partial charge < -0.3 is 26.0 Å². The minimum Gasteiger partial charge on any atom is -0.450 e. The molecular weight excluding hydrogens is 544 g/mol. The maximum absolute atomic E-state index is 11.7. The van der Waals surface area contributed by atoms with Crippen LogP contribution in [0.2, 0.25) is 0 Å². The molecule has 2 rings (SSSR count). The van der Waals surface area contributed by atoms with Crippen molar-refractivity contribution in [2.45, 2.75) is 59.3 Å². The Bertz CT molecular complexity index is 641. The van der Waals surface area contributed by atoms with Crippen molar-refractivity contribution in [3.05, 3.63) is 43.3 Å². The van der Waals surface area contributed by atoms with E-state index in [0.29, 0.717) is 13.2 Å². The van der Waals surface area contributed by atoms with Gasteiger partial charge in [0.25, 0.3) is 0 Å². The van der Waals surface area contributed by atoms with Crippen LogP contribution in [0, 0.1) is 13.5 Å². The van der Waals surface area contributed by atoms with E-state index in [0.717, 1.165) is 17.7 Å². The fourth-order valence-electron chi connectivity index (χ4n) is 2.25. The van der Waals surface area contributed by atoms with Crippen LogP contribution in [0.3, 0.4) is 0 Å². The van der Waals surface area contributed by atoms with Gasteiger partial charge in [-0.05, 0) is 53.7 Å². The molecule has 2 amide bonds. The minimum absolute atomic E-state index is 0. The number of anilines is 1. The molecule has 1 fully saturated rings. The van der Waals surface area contributed by atoms with Crippen LogP contribution >= 0.6 is 0 Å². The van der Waals surface area contributed by atoms with Gasteiger partial charge >= 0.3 is 33.3 Å². The number of ether oxygens (including phenoxy) is 3. The number of carbonyl (C=O) groups is 2. The Hall–Kier alpha value is -1.59. The molecule has 1 aromatic rings. The summed E-state index contributed by atoms with van der Waals surface area (Å²) in [6.07, 6.45) is -0.0328. The van der Waals surface area contributed by atoms with Gasteiger partial charge in [0.15, 0.2) is 0 Å². The van der Waals surface area contributed by atoms with Crippen molar-refractivity contribution in [2.24, 2.45) is 0 Å². The van der Waals surface area contributed by atoms with Crippen molar-refractivity contribution in [2.75, 3.05) is 18.5 Å². The number of nitrogens with one attached hydrogen (secondary N) is 1. The second-order valence-electron chi connectivity index (χ2n) is 7.58. The van der Waals surface area contributed by atoms with Gasteiger partial charge in [0.2, 0.25) is 0 Å². The first-order valence-corrected chi connectivity index (χ1v) is 9.30. The standard InChI is InChI=1S/C11H14NO2.C10H18NO3.W/c1-3-9-5-7-10(8-6-9)12-11(13)14-4-2;1-9(2,3)14-8(12)11-6-7-13-10(11,4)5;/h5-8H,1,3-4H2,2H3,(H,12,13);6H,7H2,1-5H3;/q2*-1;+2. The summed E-state index contributed by atoms with van der Waals surface area (Å²) >= 11 is 0. The summed E-state index contributed by atoms with van der Waals surface area (Å²) in [6, 6.07) is 7.51. The van der Waals surface area contributed by atoms with Crippen LogP contribution in [0.1, 0.15) is 47.1 Å². The van der Waals surface area contributed by atoms with E-state index < -0.39 is 17.4 Å². The van der Waals surface area contributed by atoms with Crippen LogP contribution in [-0.4, -0.2) is 41.6 Å². The average Bonchev–Trinajstić information content (AvgIpc) is 2.94. The first kappa shape index (κ1) is 27.4. The number of hydrogen-bond acceptors (Lipinski definition) is 5. The second-order valence-corrected chi connectivity index (χ2v) is 7.58. The molecule has 1 N–H and O–H groups in total. The van der Waals surface area contributed by atoms with Gasteiger partial charge in [0.1, 0.15) is 11.3 Å². The zero-order valence-corrected chi connectivity index (χ0v) is 21.0. The van der Waals surface area contributed by atoms with Gasteiger partial charge in [0.05, 0.1) is 6.61 Å². The number of hydrogen-bond donors (Lipinski definition) is 1. The molecule has 1 heterocycles. The fraction of sp³-hybridized carbons (Fsp3) is 0.524. The van der Waals surface area contributed by atoms with Crippen molar-refractivity contribution < 1.29 is 44.9 Å². The molecule has 0 atom stereocenters. The number of carbonyl (C=O) groups excluding carboxylic acids is 2. The van der Waals surface area contributed by atoms with Crippen molar-refractivity contribution in [1.82, 2.24) is 4.90 Å². The van der Waals surface area contributed by atoms with E-state index in [4.69, 9.17) is 14.2 Å². The maximum atomic E-state index is 11.7. The smallest absolute Gasteiger partial charge is 0.450 e. The summed E-state index contributed by atoms with van der Waals surface area (Å²) < 4.78 is 15.3. The average molecular weight is 576 g/mol. The SMILES string of the molecule is CC(C)(C)OC(=O)N1[CH-]COC1(C)C.[CH2-]Cc1ccc(NC(=O)OCC)cc1.[W+2]. The molecule has 1 aliphatic rings. The van der Waals surface area contributed by atoms with E-state index in [1.807, 2.05) is 58.9 Å². The molecule has 1 aliphatic heterocycles. The molecule has 0 aliphatic carbocycles. The fourth-order valence-corrected chi connectivity index (χ4v) is 2.25. The van der Waals surface area contributed by atoms with Gasteiger partial charge in [-0.15, -0.1) is 0 Å². The molecule has 0 unspecified atom stereocenters. The summed E-state index contributed by atoms with van der Waals surface area (Å²) in [7, 11) is 0. The molecule has 8 heteroatoms. The van der Waals surface area contributed by atoms with Crippen LogP contribution in [0.25, 0.3) is 0 Å². The molecule has 0 radical (unpaired) electrons. The third-order valence-corrected chi connectivity index (χ3v) is 3.63. The predicted molar refractivity (Wildman–Crippen MR) is 109 cm³/mol. The van der Waals surface area contributed by atoms with E-state index in [-0.39, 0.29) is 27.2 Å². The van der Waals surface area contributed by atoms with E-state index in [1.54, 1.807) is 13.5 Å². The Morgan fingerprint density at radius 3 is 2.28 bits per heavy atom. The largest absolute Gasteiger partial charge is 2.00 e. The van der Waals surface area contributed by atoms with Gasteiger partial charge in [0, 0.05) is 5.69 Å². The Morgan fingerprint density at radius 2 is 1.86 bits per heavy atom. The van der Waals surface area contributed by atoms with Crippen molar-refractivity contribution >= 4 is 17.9 Å². The van der Waals surface area contributed by atoms with Crippen LogP contribution in [0.4, 0.5) is 15.3 Å². The summed E-state index contributed by atoms with van der Waals surface area (Å²) in [6.45, 7) is 17.3. The Balaban J connectivity index is 0.000000523. The first-order valence-electron chi connectivity index (χ1n) is 9.30. The molecule has 162 valence electrons. The third kappa shape index (κ3) is 10.1. The van der Waals surface area contributed by atoms with E-state index >= 15 is 0 Å². The normalized spacial score (nSPS) is 14.8. The van der Waals surface area contributed by atoms with Crippen molar-refractivity contribution in [3.8, 4) is 0 Å². The topological polar surface area (TPSA) is 77.1 Å². The second kappa shape index (κ2) is 12.2. The minimum atomic E-state index is -0.595. The summed E-state index contributed by atoms with van der Waals surface area (Å²) in [5.41, 5.74) is 0.811. The molecule has 0 spiro atoms. The van der Waals surface area contributed by atoms with Crippen LogP contribution in [-0.2, 0) is 41.7 Å². The number of amides is 2. The van der Waals surface area contributed by atoms with Crippen molar-refractivity contribution in [3.63, 3.8) is 0 Å². The van der Waals surface area contributed by atoms with E-state index in [2.05, 4.69) is 12.2 Å². The number of rotatable bonds is 3. The quantitative estimate of drug-likeness (QED) is 0.525. The molecule has 7 nitrogen and oxygen atoms in total. The van der Waals surface area contributed by atoms with Gasteiger partial charge in [-0.1, -0.05) is 24.3 Å². The summed E-state index contributed by atoms with van der Waals surface area (Å²) in [5, 5.41) is 2.61. The zero-order valence-electron chi connectivity index (χ0n) is 18.1. The van der Waals surface area contributed by atoms with E-state index in [9.17, 15) is 9.59 Å². The molecule has 1 saturated heterocycles. The Labute approximate surface area is 188 Å². The zero-order chi connectivity index (χ0) is 21.4. The third-order valence-electron chi connectivity index (χ3n) is 3.63. The Kier molecular flexibility index (Phi) is 11.5. The first-order chi connectivity index (χ1) is 13.0.